The summed E-state index contributed by atoms with van der Waals surface area (Å²) in [4.78, 5) is 26.7. The highest BCUT2D eigenvalue weighted by Crippen LogP contribution is 2.47. The van der Waals surface area contributed by atoms with Crippen molar-refractivity contribution in [3.8, 4) is 5.75 Å². The van der Waals surface area contributed by atoms with E-state index in [1.165, 1.54) is 0 Å². The molecule has 1 aliphatic carbocycles. The van der Waals surface area contributed by atoms with Gasteiger partial charge < -0.3 is 14.8 Å². The van der Waals surface area contributed by atoms with Crippen molar-refractivity contribution < 1.29 is 19.1 Å². The van der Waals surface area contributed by atoms with Crippen molar-refractivity contribution in [3.05, 3.63) is 114 Å². The summed E-state index contributed by atoms with van der Waals surface area (Å²) in [6.45, 7) is 4.11. The number of hydrogen-bond acceptors (Lipinski definition) is 5. The van der Waals surface area contributed by atoms with Crippen LogP contribution in [0.5, 0.6) is 5.75 Å². The summed E-state index contributed by atoms with van der Waals surface area (Å²) in [6, 6.07) is 18.4. The number of carbonyl (C=O) groups is 2. The number of Topliss-reactive ketones (excluding diaryl/α,β-unsaturated/α-hetero) is 1. The Bertz CT molecular complexity index is 1510. The first-order valence-electron chi connectivity index (χ1n) is 11.7. The molecule has 0 amide bonds. The smallest absolute Gasteiger partial charge is 0.336 e. The number of esters is 1. The van der Waals surface area contributed by atoms with Crippen molar-refractivity contribution in [2.45, 2.75) is 26.4 Å². The fourth-order valence-electron chi connectivity index (χ4n) is 4.75. The van der Waals surface area contributed by atoms with Crippen molar-refractivity contribution in [1.82, 2.24) is 5.32 Å². The van der Waals surface area contributed by atoms with Gasteiger partial charge in [-0.15, -0.1) is 0 Å². The minimum atomic E-state index is -0.601. The number of benzene rings is 3. The Morgan fingerprint density at radius 1 is 1.03 bits per heavy atom. The quantitative estimate of drug-likeness (QED) is 0.298. The highest BCUT2D eigenvalue weighted by Gasteiger charge is 2.43. The van der Waals surface area contributed by atoms with Crippen LogP contribution in [-0.4, -0.2) is 18.4 Å². The Kier molecular flexibility index (Phi) is 7.17. The van der Waals surface area contributed by atoms with Crippen molar-refractivity contribution >= 4 is 56.6 Å². The predicted molar refractivity (Wildman–Crippen MR) is 148 cm³/mol. The fourth-order valence-corrected chi connectivity index (χ4v) is 5.58. The van der Waals surface area contributed by atoms with Crippen LogP contribution in [0.2, 0.25) is 10.0 Å². The Balaban J connectivity index is 1.52. The van der Waals surface area contributed by atoms with Crippen molar-refractivity contribution in [2.75, 3.05) is 6.61 Å². The lowest BCUT2D eigenvalue weighted by atomic mass is 9.80. The van der Waals surface area contributed by atoms with E-state index < -0.39 is 11.9 Å². The molecule has 3 aromatic rings. The number of dihydropyridines is 1. The van der Waals surface area contributed by atoms with E-state index in [0.717, 1.165) is 22.4 Å². The van der Waals surface area contributed by atoms with Crippen LogP contribution >= 0.6 is 39.1 Å². The molecule has 3 aromatic carbocycles. The molecule has 0 saturated carbocycles. The van der Waals surface area contributed by atoms with Gasteiger partial charge in [-0.1, -0.05) is 59.6 Å². The van der Waals surface area contributed by atoms with Crippen LogP contribution < -0.4 is 10.1 Å². The van der Waals surface area contributed by atoms with Gasteiger partial charge in [0, 0.05) is 28.3 Å². The van der Waals surface area contributed by atoms with E-state index in [2.05, 4.69) is 21.2 Å². The number of allylic oxidation sites excluding steroid dienone is 2. The number of halogens is 3. The first kappa shape index (κ1) is 25.6. The number of rotatable bonds is 6. The molecule has 8 heteroatoms. The zero-order valence-corrected chi connectivity index (χ0v) is 23.1. The van der Waals surface area contributed by atoms with Gasteiger partial charge in [0.1, 0.15) is 12.4 Å². The zero-order chi connectivity index (χ0) is 26.3. The largest absolute Gasteiger partial charge is 0.488 e. The van der Waals surface area contributed by atoms with E-state index in [9.17, 15) is 9.59 Å². The molecule has 188 valence electrons. The van der Waals surface area contributed by atoms with Gasteiger partial charge in [0.25, 0.3) is 0 Å². The van der Waals surface area contributed by atoms with E-state index in [4.69, 9.17) is 32.7 Å². The molecular weight excluding hydrogens is 577 g/mol. The minimum absolute atomic E-state index is 0.103. The third kappa shape index (κ3) is 4.70. The third-order valence-electron chi connectivity index (χ3n) is 6.41. The molecular formula is C29H22BrCl2NO4. The highest BCUT2D eigenvalue weighted by atomic mass is 79.9. The molecule has 2 aliphatic rings. The molecule has 0 fully saturated rings. The second-order valence-electron chi connectivity index (χ2n) is 8.71. The van der Waals surface area contributed by atoms with Gasteiger partial charge >= 0.3 is 5.97 Å². The summed E-state index contributed by atoms with van der Waals surface area (Å²) in [7, 11) is 0. The van der Waals surface area contributed by atoms with Crippen LogP contribution in [0.3, 0.4) is 0 Å². The first-order chi connectivity index (χ1) is 17.8. The molecule has 0 radical (unpaired) electrons. The van der Waals surface area contributed by atoms with E-state index >= 15 is 0 Å². The lowest BCUT2D eigenvalue weighted by Gasteiger charge is -2.29. The molecule has 0 spiro atoms. The standard InChI is InChI=1S/C29H22BrCl2NO4/c1-3-36-29(35)24-15(2)33-27-18-6-4-5-7-19(18)28(34)26(27)25(24)17-9-11-23(20(30)13-17)37-14-16-8-10-21(31)22(32)12-16/h4-13,25,33H,3,14H2,1-2H3/t25-/m1/s1. The van der Waals surface area contributed by atoms with Crippen LogP contribution in [0, 0.1) is 0 Å². The Morgan fingerprint density at radius 3 is 2.49 bits per heavy atom. The summed E-state index contributed by atoms with van der Waals surface area (Å²) in [5.74, 6) is -0.551. The maximum absolute atomic E-state index is 13.6. The average molecular weight is 599 g/mol. The van der Waals surface area contributed by atoms with Gasteiger partial charge in [-0.2, -0.15) is 0 Å². The second kappa shape index (κ2) is 10.4. The predicted octanol–water partition coefficient (Wildman–Crippen LogP) is 7.47. The van der Waals surface area contributed by atoms with Crippen molar-refractivity contribution in [2.24, 2.45) is 0 Å². The highest BCUT2D eigenvalue weighted by molar-refractivity contribution is 9.10. The second-order valence-corrected chi connectivity index (χ2v) is 10.4. The summed E-state index contributed by atoms with van der Waals surface area (Å²) in [5.41, 5.74) is 5.42. The normalized spacial score (nSPS) is 16.4. The minimum Gasteiger partial charge on any atom is -0.488 e. The van der Waals surface area contributed by atoms with E-state index in [0.29, 0.717) is 49.3 Å². The van der Waals surface area contributed by atoms with E-state index in [1.807, 2.05) is 55.5 Å². The van der Waals surface area contributed by atoms with Gasteiger partial charge in [-0.25, -0.2) is 4.79 Å². The lowest BCUT2D eigenvalue weighted by molar-refractivity contribution is -0.138. The van der Waals surface area contributed by atoms with Gasteiger partial charge in [-0.05, 0) is 65.2 Å². The molecule has 1 N–H and O–H groups in total. The molecule has 1 atom stereocenters. The molecule has 0 saturated heterocycles. The van der Waals surface area contributed by atoms with Gasteiger partial charge in [0.2, 0.25) is 0 Å². The average Bonchev–Trinajstić information content (AvgIpc) is 3.16. The molecule has 0 bridgehead atoms. The van der Waals surface area contributed by atoms with Gasteiger partial charge in [0.05, 0.1) is 32.4 Å². The van der Waals surface area contributed by atoms with Crippen molar-refractivity contribution in [3.63, 3.8) is 0 Å². The van der Waals surface area contributed by atoms with Crippen molar-refractivity contribution in [1.29, 1.82) is 0 Å². The first-order valence-corrected chi connectivity index (χ1v) is 13.2. The summed E-state index contributed by atoms with van der Waals surface area (Å²) >= 11 is 15.7. The van der Waals surface area contributed by atoms with Crippen LogP contribution in [0.15, 0.2) is 82.0 Å². The summed E-state index contributed by atoms with van der Waals surface area (Å²) in [6.07, 6.45) is 0. The van der Waals surface area contributed by atoms with Gasteiger partial charge in [-0.3, -0.25) is 4.79 Å². The van der Waals surface area contributed by atoms with Crippen LogP contribution in [0.4, 0.5) is 0 Å². The van der Waals surface area contributed by atoms with Crippen LogP contribution in [0.1, 0.15) is 46.8 Å². The number of carbonyl (C=O) groups excluding carboxylic acids is 2. The lowest BCUT2D eigenvalue weighted by Crippen LogP contribution is -2.29. The Morgan fingerprint density at radius 2 is 1.78 bits per heavy atom. The molecule has 0 aromatic heterocycles. The summed E-state index contributed by atoms with van der Waals surface area (Å²) < 4.78 is 12.1. The molecule has 37 heavy (non-hydrogen) atoms. The Hall–Kier alpha value is -3.06. The number of ketones is 1. The number of fused-ring (bicyclic) bond motifs is 2. The van der Waals surface area contributed by atoms with E-state index in [-0.39, 0.29) is 12.4 Å². The molecule has 1 aliphatic heterocycles. The third-order valence-corrected chi connectivity index (χ3v) is 7.77. The molecule has 1 heterocycles. The molecule has 5 rings (SSSR count). The maximum Gasteiger partial charge on any atom is 0.336 e. The number of hydrogen-bond donors (Lipinski definition) is 1. The zero-order valence-electron chi connectivity index (χ0n) is 20.0. The topological polar surface area (TPSA) is 64.6 Å². The fraction of sp³-hybridized carbons (Fsp3) is 0.172. The summed E-state index contributed by atoms with van der Waals surface area (Å²) in [5, 5.41) is 4.25. The monoisotopic (exact) mass is 597 g/mol. The SMILES string of the molecule is CCOC(=O)C1=C(C)NC2=C(C(=O)c3ccccc32)[C@@H]1c1ccc(OCc2ccc(Cl)c(Cl)c2)c(Br)c1. The maximum atomic E-state index is 13.6. The Labute approximate surface area is 233 Å². The van der Waals surface area contributed by atoms with Gasteiger partial charge in [0.15, 0.2) is 5.78 Å². The van der Waals surface area contributed by atoms with Crippen LogP contribution in [0.25, 0.3) is 5.70 Å². The number of ether oxygens (including phenoxy) is 2. The van der Waals surface area contributed by atoms with E-state index in [1.54, 1.807) is 19.1 Å². The molecule has 0 unspecified atom stereocenters. The molecule has 5 nitrogen and oxygen atoms in total. The van der Waals surface area contributed by atoms with Crippen LogP contribution in [-0.2, 0) is 16.1 Å². The number of nitrogens with one attached hydrogen (secondary N) is 1.